The number of carbonyl (C=O) groups is 1. The Kier molecular flexibility index (Phi) is 6.00. The predicted octanol–water partition coefficient (Wildman–Crippen LogP) is 1.52. The predicted molar refractivity (Wildman–Crippen MR) is 99.8 cm³/mol. The second-order valence-corrected chi connectivity index (χ2v) is 7.62. The van der Waals surface area contributed by atoms with Gasteiger partial charge < -0.3 is 10.1 Å². The van der Waals surface area contributed by atoms with Gasteiger partial charge in [-0.25, -0.2) is 0 Å². The van der Waals surface area contributed by atoms with E-state index in [2.05, 4.69) is 15.1 Å². The Hall–Kier alpha value is -1.14. The Morgan fingerprint density at radius 3 is 2.40 bits per heavy atom. The number of esters is 1. The Morgan fingerprint density at radius 2 is 1.80 bits per heavy atom. The van der Waals surface area contributed by atoms with E-state index in [0.717, 1.165) is 37.8 Å². The van der Waals surface area contributed by atoms with Crippen LogP contribution in [0.25, 0.3) is 0 Å². The van der Waals surface area contributed by atoms with E-state index in [1.165, 1.54) is 25.9 Å². The Labute approximate surface area is 156 Å². The lowest BCUT2D eigenvalue weighted by Crippen LogP contribution is -2.66. The number of halogens is 1. The van der Waals surface area contributed by atoms with Crippen LogP contribution in [0.3, 0.4) is 0 Å². The lowest BCUT2D eigenvalue weighted by molar-refractivity contribution is -0.147. The van der Waals surface area contributed by atoms with Gasteiger partial charge in [-0.15, -0.1) is 12.4 Å². The molecule has 2 saturated heterocycles. The Bertz CT molecular complexity index is 563. The van der Waals surface area contributed by atoms with Crippen molar-refractivity contribution in [3.8, 4) is 0 Å². The highest BCUT2D eigenvalue weighted by Crippen LogP contribution is 2.46. The molecule has 0 bridgehead atoms. The van der Waals surface area contributed by atoms with Gasteiger partial charge in [-0.1, -0.05) is 30.3 Å². The molecule has 3 fully saturated rings. The number of ether oxygens (including phenoxy) is 1. The average molecular weight is 366 g/mol. The Morgan fingerprint density at radius 1 is 1.12 bits per heavy atom. The minimum absolute atomic E-state index is 0. The third-order valence-electron chi connectivity index (χ3n) is 5.86. The lowest BCUT2D eigenvalue weighted by atomic mass is 9.61. The van der Waals surface area contributed by atoms with Crippen LogP contribution in [0.5, 0.6) is 0 Å². The first kappa shape index (κ1) is 18.6. The topological polar surface area (TPSA) is 44.8 Å². The number of benzene rings is 1. The number of nitrogens with one attached hydrogen (secondary N) is 1. The minimum atomic E-state index is -0.115. The molecule has 5 nitrogen and oxygen atoms in total. The molecule has 25 heavy (non-hydrogen) atoms. The first-order valence-corrected chi connectivity index (χ1v) is 9.09. The minimum Gasteiger partial charge on any atom is -0.460 e. The molecule has 2 aliphatic heterocycles. The molecule has 4 rings (SSSR count). The molecule has 1 N–H and O–H groups in total. The van der Waals surface area contributed by atoms with Crippen LogP contribution in [0.15, 0.2) is 30.3 Å². The summed E-state index contributed by atoms with van der Waals surface area (Å²) in [6, 6.07) is 10.6. The third-order valence-corrected chi connectivity index (χ3v) is 5.86. The molecular formula is C19H28ClN3O2. The number of hydrogen-bond donors (Lipinski definition) is 1. The van der Waals surface area contributed by atoms with Crippen LogP contribution in [0.2, 0.25) is 0 Å². The summed E-state index contributed by atoms with van der Waals surface area (Å²) in [6.45, 7) is 7.34. The van der Waals surface area contributed by atoms with Crippen molar-refractivity contribution < 1.29 is 9.53 Å². The van der Waals surface area contributed by atoms with Gasteiger partial charge in [-0.05, 0) is 23.8 Å². The van der Waals surface area contributed by atoms with Gasteiger partial charge in [0, 0.05) is 45.3 Å². The van der Waals surface area contributed by atoms with Crippen LogP contribution >= 0.6 is 12.4 Å². The summed E-state index contributed by atoms with van der Waals surface area (Å²) in [5.41, 5.74) is 1.68. The molecule has 2 heterocycles. The molecular weight excluding hydrogens is 338 g/mol. The summed E-state index contributed by atoms with van der Waals surface area (Å²) in [5.74, 6) is -0.115. The molecule has 3 aliphatic rings. The highest BCUT2D eigenvalue weighted by Gasteiger charge is 2.50. The number of carbonyl (C=O) groups excluding carboxylic acids is 1. The normalized spacial score (nSPS) is 23.4. The first-order valence-electron chi connectivity index (χ1n) is 9.09. The molecule has 1 aromatic carbocycles. The summed E-state index contributed by atoms with van der Waals surface area (Å²) < 4.78 is 5.39. The maximum atomic E-state index is 12.0. The van der Waals surface area contributed by atoms with Crippen LogP contribution in [-0.4, -0.2) is 67.6 Å². The third kappa shape index (κ3) is 4.34. The molecule has 1 saturated carbocycles. The summed E-state index contributed by atoms with van der Waals surface area (Å²) in [4.78, 5) is 16.9. The summed E-state index contributed by atoms with van der Waals surface area (Å²) in [6.07, 6.45) is 2.72. The van der Waals surface area contributed by atoms with Gasteiger partial charge in [0.05, 0.1) is 6.54 Å². The van der Waals surface area contributed by atoms with Crippen molar-refractivity contribution in [1.82, 2.24) is 15.1 Å². The van der Waals surface area contributed by atoms with Crippen LogP contribution in [0, 0.1) is 5.41 Å². The van der Waals surface area contributed by atoms with Gasteiger partial charge in [-0.3, -0.25) is 14.6 Å². The zero-order chi connectivity index (χ0) is 16.4. The zero-order valence-electron chi connectivity index (χ0n) is 14.7. The van der Waals surface area contributed by atoms with Gasteiger partial charge in [-0.2, -0.15) is 0 Å². The van der Waals surface area contributed by atoms with E-state index in [9.17, 15) is 4.79 Å². The van der Waals surface area contributed by atoms with Crippen LogP contribution < -0.4 is 5.32 Å². The van der Waals surface area contributed by atoms with Crippen molar-refractivity contribution in [3.63, 3.8) is 0 Å². The maximum Gasteiger partial charge on any atom is 0.320 e. The second-order valence-electron chi connectivity index (χ2n) is 7.62. The van der Waals surface area contributed by atoms with Crippen molar-refractivity contribution in [3.05, 3.63) is 35.9 Å². The van der Waals surface area contributed by atoms with E-state index in [1.807, 2.05) is 30.3 Å². The number of nitrogens with zero attached hydrogens (tertiary/aromatic N) is 2. The SMILES string of the molecule is Cl.O=C(CN1CCN(C2CC3(CNC3)C2)CC1)OCc1ccccc1. The van der Waals surface area contributed by atoms with Crippen LogP contribution in [-0.2, 0) is 16.1 Å². The number of piperazine rings is 1. The van der Waals surface area contributed by atoms with E-state index in [0.29, 0.717) is 18.6 Å². The highest BCUT2D eigenvalue weighted by atomic mass is 35.5. The fourth-order valence-corrected chi connectivity index (χ4v) is 4.22. The first-order chi connectivity index (χ1) is 11.7. The standard InChI is InChI=1S/C19H27N3O2.ClH/c23-18(24-13-16-4-2-1-3-5-16)12-21-6-8-22(9-7-21)17-10-19(11-17)14-20-15-19;/h1-5,17,20H,6-15H2;1H. The molecule has 0 unspecified atom stereocenters. The maximum absolute atomic E-state index is 12.0. The quantitative estimate of drug-likeness (QED) is 0.801. The molecule has 1 aliphatic carbocycles. The summed E-state index contributed by atoms with van der Waals surface area (Å²) in [5, 5.41) is 3.40. The number of rotatable bonds is 5. The summed E-state index contributed by atoms with van der Waals surface area (Å²) in [7, 11) is 0. The van der Waals surface area contributed by atoms with Gasteiger partial charge in [0.2, 0.25) is 0 Å². The van der Waals surface area contributed by atoms with Gasteiger partial charge >= 0.3 is 5.97 Å². The number of hydrogen-bond acceptors (Lipinski definition) is 5. The van der Waals surface area contributed by atoms with Crippen molar-refractivity contribution >= 4 is 18.4 Å². The fraction of sp³-hybridized carbons (Fsp3) is 0.632. The molecule has 0 atom stereocenters. The lowest BCUT2D eigenvalue weighted by Gasteiger charge is -2.58. The molecule has 1 aromatic rings. The largest absolute Gasteiger partial charge is 0.460 e. The van der Waals surface area contributed by atoms with Crippen LogP contribution in [0.1, 0.15) is 18.4 Å². The van der Waals surface area contributed by atoms with E-state index < -0.39 is 0 Å². The van der Waals surface area contributed by atoms with Gasteiger partial charge in [0.1, 0.15) is 6.61 Å². The van der Waals surface area contributed by atoms with E-state index in [-0.39, 0.29) is 18.4 Å². The van der Waals surface area contributed by atoms with Gasteiger partial charge in [0.15, 0.2) is 0 Å². The Balaban J connectivity index is 0.00000182. The molecule has 0 amide bonds. The second kappa shape index (κ2) is 8.04. The molecule has 1 spiro atoms. The van der Waals surface area contributed by atoms with Crippen LogP contribution in [0.4, 0.5) is 0 Å². The fourth-order valence-electron chi connectivity index (χ4n) is 4.22. The van der Waals surface area contributed by atoms with Gasteiger partial charge in [0.25, 0.3) is 0 Å². The molecule has 0 aromatic heterocycles. The van der Waals surface area contributed by atoms with E-state index >= 15 is 0 Å². The highest BCUT2D eigenvalue weighted by molar-refractivity contribution is 5.85. The monoisotopic (exact) mass is 365 g/mol. The van der Waals surface area contributed by atoms with Crippen molar-refractivity contribution in [2.24, 2.45) is 5.41 Å². The molecule has 0 radical (unpaired) electrons. The average Bonchev–Trinajstić information content (AvgIpc) is 2.53. The van der Waals surface area contributed by atoms with E-state index in [1.54, 1.807) is 0 Å². The van der Waals surface area contributed by atoms with Crippen molar-refractivity contribution in [2.75, 3.05) is 45.8 Å². The van der Waals surface area contributed by atoms with Crippen molar-refractivity contribution in [1.29, 1.82) is 0 Å². The zero-order valence-corrected chi connectivity index (χ0v) is 15.5. The smallest absolute Gasteiger partial charge is 0.320 e. The van der Waals surface area contributed by atoms with Crippen molar-refractivity contribution in [2.45, 2.75) is 25.5 Å². The molecule has 6 heteroatoms. The summed E-state index contributed by atoms with van der Waals surface area (Å²) >= 11 is 0. The molecule has 138 valence electrons. The van der Waals surface area contributed by atoms with E-state index in [4.69, 9.17) is 4.74 Å².